The average molecular weight is 671 g/mol. The number of rotatable bonds is 20. The van der Waals surface area contributed by atoms with Gasteiger partial charge in [-0.25, -0.2) is 0 Å². The normalized spacial score (nSPS) is 26.5. The van der Waals surface area contributed by atoms with Crippen molar-refractivity contribution in [3.05, 3.63) is 0 Å². The maximum atomic E-state index is 9.48. The topological polar surface area (TPSA) is 204 Å². The fourth-order valence-electron chi connectivity index (χ4n) is 3.42. The van der Waals surface area contributed by atoms with Crippen LogP contribution in [-0.2, 0) is 73.9 Å². The molecule has 228 valence electrons. The second kappa shape index (κ2) is 22.9. The molecule has 38 heavy (non-hydrogen) atoms. The van der Waals surface area contributed by atoms with Gasteiger partial charge in [0.1, 0.15) is 79.1 Å². The summed E-state index contributed by atoms with van der Waals surface area (Å²) in [6.45, 7) is 3.87. The van der Waals surface area contributed by atoms with Gasteiger partial charge in [0.2, 0.25) is 0 Å². The molecule has 1 aliphatic rings. The van der Waals surface area contributed by atoms with E-state index in [1.165, 1.54) is 0 Å². The van der Waals surface area contributed by atoms with E-state index in [9.17, 15) is 27.3 Å². The first-order valence-electron chi connectivity index (χ1n) is 11.1. The molecule has 0 heterocycles. The van der Waals surface area contributed by atoms with Gasteiger partial charge in [0.05, 0.1) is 59.0 Å². The van der Waals surface area contributed by atoms with E-state index in [1.807, 2.05) is 0 Å². The van der Waals surface area contributed by atoms with Gasteiger partial charge in [0.25, 0.3) is 0 Å². The van der Waals surface area contributed by atoms with Crippen LogP contribution in [0.2, 0.25) is 0 Å². The lowest BCUT2D eigenvalue weighted by molar-refractivity contribution is -0.207. The molecule has 3 unspecified atom stereocenters. The molecular formula is C17H37O15P3S3. The van der Waals surface area contributed by atoms with Gasteiger partial charge >= 0.3 is 0 Å². The Morgan fingerprint density at radius 1 is 0.500 bits per heavy atom. The van der Waals surface area contributed by atoms with Gasteiger partial charge in [-0.3, -0.25) is 0 Å². The number of methoxy groups -OCH3 is 2. The summed E-state index contributed by atoms with van der Waals surface area (Å²) in [7, 11) is -3.66. The van der Waals surface area contributed by atoms with Crippen molar-refractivity contribution in [3.8, 4) is 0 Å². The Balaban J connectivity index is 3.26. The van der Waals surface area contributed by atoms with Crippen molar-refractivity contribution in [2.45, 2.75) is 37.4 Å². The second-order valence-electron chi connectivity index (χ2n) is 7.41. The van der Waals surface area contributed by atoms with Crippen LogP contribution in [0.15, 0.2) is 0 Å². The zero-order valence-electron chi connectivity index (χ0n) is 21.0. The molecule has 21 heteroatoms. The standard InChI is InChI=1S/C17H37O15P3S3/c1-12-13(28-10-8-26-6-4-24-2)16(31-34-37(20)21)15(29-11-9-27-7-5-25-3)17(32-35-38(22)23)14(12)30-33-36(18)19/h12-23H,4-11H2,1-3H3/t12-,13?,14-,15?,16+,17?/m1/s1. The third kappa shape index (κ3) is 15.5. The Morgan fingerprint density at radius 3 is 1.29 bits per heavy atom. The molecule has 0 amide bonds. The van der Waals surface area contributed by atoms with Crippen molar-refractivity contribution >= 4 is 54.7 Å². The summed E-state index contributed by atoms with van der Waals surface area (Å²) in [6, 6.07) is 0. The second-order valence-corrected chi connectivity index (χ2v) is 14.2. The first-order chi connectivity index (χ1) is 18.2. The monoisotopic (exact) mass is 670 g/mol. The van der Waals surface area contributed by atoms with Gasteiger partial charge in [-0.1, -0.05) is 6.92 Å². The molecule has 1 fully saturated rings. The first kappa shape index (κ1) is 37.4. The Kier molecular flexibility index (Phi) is 22.5. The predicted octanol–water partition coefficient (Wildman–Crippen LogP) is 2.91. The van der Waals surface area contributed by atoms with Gasteiger partial charge < -0.3 is 69.3 Å². The SMILES string of the molecule is COCCOCCOC1C(OP=S(O)O)[C@H](OP=S(O)O)[C@H](C)C(OCCOCCOC)[C@@H]1OP=S(O)O. The molecule has 1 aliphatic carbocycles. The minimum absolute atomic E-state index is 0.0614. The van der Waals surface area contributed by atoms with E-state index in [1.54, 1.807) is 21.1 Å². The van der Waals surface area contributed by atoms with Crippen molar-refractivity contribution in [1.29, 1.82) is 0 Å². The van der Waals surface area contributed by atoms with Crippen LogP contribution in [0, 0.1) is 5.92 Å². The molecule has 0 aromatic carbocycles. The quantitative estimate of drug-likeness (QED) is 0.0814. The van der Waals surface area contributed by atoms with E-state index < -0.39 is 68.3 Å². The Bertz CT molecular complexity index is 726. The highest BCUT2D eigenvalue weighted by Gasteiger charge is 2.53. The molecule has 0 bridgehead atoms. The van der Waals surface area contributed by atoms with Crippen LogP contribution >= 0.6 is 22.7 Å². The maximum absolute atomic E-state index is 9.48. The molecule has 0 aliphatic heterocycles. The number of hydrogen-bond donors (Lipinski definition) is 6. The Hall–Kier alpha value is 1.35. The highest BCUT2D eigenvalue weighted by molar-refractivity contribution is 8.12. The van der Waals surface area contributed by atoms with Crippen LogP contribution in [0.4, 0.5) is 0 Å². The minimum atomic E-state index is -2.10. The van der Waals surface area contributed by atoms with E-state index in [2.05, 4.69) is 0 Å². The molecule has 1 saturated carbocycles. The van der Waals surface area contributed by atoms with Gasteiger partial charge in [0, 0.05) is 20.1 Å². The van der Waals surface area contributed by atoms with E-state index in [0.717, 1.165) is 0 Å². The summed E-state index contributed by atoms with van der Waals surface area (Å²) in [5.74, 6) is -0.526. The van der Waals surface area contributed by atoms with Crippen molar-refractivity contribution in [2.24, 2.45) is 5.92 Å². The van der Waals surface area contributed by atoms with Crippen molar-refractivity contribution in [3.63, 3.8) is 0 Å². The van der Waals surface area contributed by atoms with Gasteiger partial charge in [-0.2, -0.15) is 0 Å². The third-order valence-corrected chi connectivity index (χ3v) is 8.33. The van der Waals surface area contributed by atoms with E-state index in [4.69, 9.17) is 42.0 Å². The summed E-state index contributed by atoms with van der Waals surface area (Å²) >= 11 is 0. The lowest BCUT2D eigenvalue weighted by Gasteiger charge is -2.47. The maximum Gasteiger partial charge on any atom is 0.147 e. The Morgan fingerprint density at radius 2 is 0.868 bits per heavy atom. The lowest BCUT2D eigenvalue weighted by atomic mass is 9.79. The molecule has 15 nitrogen and oxygen atoms in total. The van der Waals surface area contributed by atoms with Gasteiger partial charge in [0.15, 0.2) is 0 Å². The fourth-order valence-corrected chi connectivity index (χ4v) is 6.33. The zero-order chi connectivity index (χ0) is 28.3. The van der Waals surface area contributed by atoms with Crippen molar-refractivity contribution in [2.75, 3.05) is 67.1 Å². The molecule has 0 aromatic heterocycles. The number of ether oxygens (including phenoxy) is 6. The van der Waals surface area contributed by atoms with E-state index in [-0.39, 0.29) is 49.2 Å². The summed E-state index contributed by atoms with van der Waals surface area (Å²) in [4.78, 5) is 0. The van der Waals surface area contributed by atoms with Crippen LogP contribution in [0.5, 0.6) is 0 Å². The highest BCUT2D eigenvalue weighted by Crippen LogP contribution is 2.40. The average Bonchev–Trinajstić information content (AvgIpc) is 2.86. The van der Waals surface area contributed by atoms with Crippen LogP contribution in [0.25, 0.3) is 0 Å². The van der Waals surface area contributed by atoms with Gasteiger partial charge in [-0.05, 0) is 0 Å². The molecule has 6 atom stereocenters. The number of hydrogen-bond acceptors (Lipinski definition) is 9. The largest absolute Gasteiger partial charge is 0.382 e. The van der Waals surface area contributed by atoms with Crippen LogP contribution in [0.1, 0.15) is 6.92 Å². The highest BCUT2D eigenvalue weighted by atomic mass is 32.5. The molecule has 6 N–H and O–H groups in total. The molecule has 0 aromatic rings. The minimum Gasteiger partial charge on any atom is -0.382 e. The lowest BCUT2D eigenvalue weighted by Crippen LogP contribution is -2.62. The van der Waals surface area contributed by atoms with E-state index >= 15 is 0 Å². The summed E-state index contributed by atoms with van der Waals surface area (Å²) in [5, 5.41) is 0. The fraction of sp³-hybridized carbons (Fsp3) is 1.00. The molecular weight excluding hydrogens is 633 g/mol. The molecule has 0 radical (unpaired) electrons. The van der Waals surface area contributed by atoms with Gasteiger partial charge in [-0.15, -0.1) is 0 Å². The van der Waals surface area contributed by atoms with Crippen molar-refractivity contribution < 1.29 is 69.3 Å². The predicted molar refractivity (Wildman–Crippen MR) is 147 cm³/mol. The smallest absolute Gasteiger partial charge is 0.147 e. The van der Waals surface area contributed by atoms with E-state index in [0.29, 0.717) is 26.4 Å². The summed E-state index contributed by atoms with van der Waals surface area (Å²) in [6.07, 6.45) is -4.56. The first-order valence-corrected chi connectivity index (χ1v) is 18.7. The van der Waals surface area contributed by atoms with Crippen LogP contribution < -0.4 is 0 Å². The van der Waals surface area contributed by atoms with Crippen LogP contribution in [-0.4, -0.2) is 125 Å². The molecule has 0 saturated heterocycles. The molecule has 0 spiro atoms. The van der Waals surface area contributed by atoms with Crippen molar-refractivity contribution in [1.82, 2.24) is 0 Å². The summed E-state index contributed by atoms with van der Waals surface area (Å²) in [5.41, 5.74) is 0. The summed E-state index contributed by atoms with van der Waals surface area (Å²) < 4.78 is 107. The third-order valence-electron chi connectivity index (χ3n) is 4.97. The Labute approximate surface area is 234 Å². The zero-order valence-corrected chi connectivity index (χ0v) is 26.2. The van der Waals surface area contributed by atoms with Crippen LogP contribution in [0.3, 0.4) is 0 Å². The molecule has 1 rings (SSSR count).